The van der Waals surface area contributed by atoms with Crippen LogP contribution >= 0.6 is 136 Å². The van der Waals surface area contributed by atoms with Crippen LogP contribution in [0.4, 0.5) is 0 Å². The minimum Gasteiger partial charge on any atom is -0.134 e. The van der Waals surface area contributed by atoms with Crippen molar-refractivity contribution in [3.63, 3.8) is 0 Å². The predicted octanol–water partition coefficient (Wildman–Crippen LogP) is 46.2. The van der Waals surface area contributed by atoms with Gasteiger partial charge in [-0.25, -0.2) is 0 Å². The number of benzene rings is 2. The Morgan fingerprint density at radius 2 is 0.280 bits per heavy atom. The maximum Gasteiger partial charge on any atom is 0.0481 e. The molecule has 14 rings (SSSR count). The van der Waals surface area contributed by atoms with Crippen LogP contribution in [-0.2, 0) is 38.5 Å². The summed E-state index contributed by atoms with van der Waals surface area (Å²) < 4.78 is 0. The number of hydrogen-bond acceptors (Lipinski definition) is 12. The smallest absolute Gasteiger partial charge is 0.0481 e. The highest BCUT2D eigenvalue weighted by Crippen LogP contribution is 2.55. The van der Waals surface area contributed by atoms with E-state index in [2.05, 4.69) is 279 Å². The zero-order valence-electron chi connectivity index (χ0n) is 81.2. The van der Waals surface area contributed by atoms with Crippen molar-refractivity contribution in [3.8, 4) is 128 Å². The van der Waals surface area contributed by atoms with Gasteiger partial charge in [0.15, 0.2) is 0 Å². The summed E-state index contributed by atoms with van der Waals surface area (Å²) in [6.45, 7) is 14.0. The fourth-order valence-electron chi connectivity index (χ4n) is 19.2. The van der Waals surface area contributed by atoms with E-state index in [-0.39, 0.29) is 0 Å². The van der Waals surface area contributed by atoms with Crippen LogP contribution < -0.4 is 0 Å². The van der Waals surface area contributed by atoms with Crippen LogP contribution in [0.25, 0.3) is 128 Å². The maximum atomic E-state index is 2.69. The van der Waals surface area contributed by atoms with Gasteiger partial charge in [-0.05, 0) is 231 Å². The summed E-state index contributed by atoms with van der Waals surface area (Å²) in [5.74, 6) is 0. The van der Waals surface area contributed by atoms with Crippen molar-refractivity contribution >= 4 is 136 Å². The third-order valence-electron chi connectivity index (χ3n) is 27.0. The fraction of sp³-hybridized carbons (Fsp3) is 0.500. The van der Waals surface area contributed by atoms with Crippen molar-refractivity contribution in [3.05, 3.63) is 203 Å². The molecule has 0 radical (unpaired) electrons. The highest BCUT2D eigenvalue weighted by atomic mass is 32.1. The number of thiophene rings is 12. The Hall–Kier alpha value is -5.16. The molecule has 132 heavy (non-hydrogen) atoms. The first-order valence-electron chi connectivity index (χ1n) is 52.8. The van der Waals surface area contributed by atoms with E-state index < -0.39 is 0 Å². The Balaban J connectivity index is 0.740. The third kappa shape index (κ3) is 30.9. The highest BCUT2D eigenvalue weighted by molar-refractivity contribution is 7.33. The fourth-order valence-corrected chi connectivity index (χ4v) is 33.8. The Bertz CT molecular complexity index is 5520. The van der Waals surface area contributed by atoms with E-state index in [1.54, 1.807) is 22.3 Å². The second kappa shape index (κ2) is 57.4. The summed E-state index contributed by atoms with van der Waals surface area (Å²) in [6, 6.07) is 67.6. The molecule has 2 aromatic carbocycles. The molecule has 0 spiro atoms. The molecule has 0 fully saturated rings. The van der Waals surface area contributed by atoms with Crippen molar-refractivity contribution in [1.29, 1.82) is 0 Å². The summed E-state index contributed by atoms with van der Waals surface area (Å²) in [6.07, 6.45) is 71.4. The van der Waals surface area contributed by atoms with Crippen LogP contribution in [0.15, 0.2) is 170 Å². The summed E-state index contributed by atoms with van der Waals surface area (Å²) in [5, 5.41) is 0. The molecule has 0 saturated heterocycles. The number of hydrogen-bond donors (Lipinski definition) is 0. The second-order valence-electron chi connectivity index (χ2n) is 37.9. The third-order valence-corrected chi connectivity index (χ3v) is 42.7. The molecule has 0 nitrogen and oxygen atoms in total. The summed E-state index contributed by atoms with van der Waals surface area (Å²) in [5.41, 5.74) is 12.0. The molecule has 0 saturated carbocycles. The van der Waals surface area contributed by atoms with Crippen molar-refractivity contribution < 1.29 is 0 Å². The van der Waals surface area contributed by atoms with E-state index >= 15 is 0 Å². The van der Waals surface area contributed by atoms with Crippen LogP contribution in [0.5, 0.6) is 0 Å². The first-order valence-corrected chi connectivity index (χ1v) is 62.6. The van der Waals surface area contributed by atoms with Gasteiger partial charge in [0.2, 0.25) is 0 Å². The number of aryl methyl sites for hydroxylation is 6. The molecule has 0 aliphatic heterocycles. The van der Waals surface area contributed by atoms with E-state index in [0.717, 1.165) is 38.5 Å². The van der Waals surface area contributed by atoms with Gasteiger partial charge in [-0.2, -0.15) is 0 Å². The van der Waals surface area contributed by atoms with Gasteiger partial charge in [0.05, 0.1) is 0 Å². The van der Waals surface area contributed by atoms with Crippen molar-refractivity contribution in [2.75, 3.05) is 0 Å². The summed E-state index contributed by atoms with van der Waals surface area (Å²) in [4.78, 5) is 34.7. The highest BCUT2D eigenvalue weighted by Gasteiger charge is 2.26. The molecule has 12 heteroatoms. The molecular formula is C120H154S12. The maximum absolute atomic E-state index is 2.69. The van der Waals surface area contributed by atoms with Gasteiger partial charge in [-0.3, -0.25) is 0 Å². The van der Waals surface area contributed by atoms with Gasteiger partial charge < -0.3 is 0 Å². The molecular weight excluding hydrogens is 1830 g/mol. The lowest BCUT2D eigenvalue weighted by molar-refractivity contribution is 0.575. The van der Waals surface area contributed by atoms with E-state index in [1.807, 2.05) is 68.0 Å². The Kier molecular flexibility index (Phi) is 44.7. The van der Waals surface area contributed by atoms with E-state index in [1.165, 1.54) is 448 Å². The minimum absolute atomic E-state index is 1.14. The van der Waals surface area contributed by atoms with Crippen LogP contribution in [0.3, 0.4) is 0 Å². The second-order valence-corrected chi connectivity index (χ2v) is 50.7. The van der Waals surface area contributed by atoms with Crippen molar-refractivity contribution in [1.82, 2.24) is 0 Å². The molecule has 0 bridgehead atoms. The lowest BCUT2D eigenvalue weighted by atomic mass is 10.0. The molecule has 12 aromatic heterocycles. The number of unbranched alkanes of at least 4 members (excludes halogenated alkanes) is 42. The van der Waals surface area contributed by atoms with Gasteiger partial charge in [-0.15, -0.1) is 136 Å². The Labute approximate surface area is 847 Å². The molecule has 0 atom stereocenters. The molecule has 12 heterocycles. The lowest BCUT2D eigenvalue weighted by Crippen LogP contribution is -1.87. The van der Waals surface area contributed by atoms with Crippen LogP contribution in [0, 0.1) is 0 Å². The monoisotopic (exact) mass is 1980 g/mol. The summed E-state index contributed by atoms with van der Waals surface area (Å²) in [7, 11) is 0. The van der Waals surface area contributed by atoms with Gasteiger partial charge in [-0.1, -0.05) is 372 Å². The van der Waals surface area contributed by atoms with Gasteiger partial charge in [0, 0.05) is 117 Å². The van der Waals surface area contributed by atoms with Gasteiger partial charge in [0.25, 0.3) is 0 Å². The normalized spacial score (nSPS) is 11.8. The number of rotatable bonds is 67. The van der Waals surface area contributed by atoms with Crippen LogP contribution in [0.2, 0.25) is 0 Å². The molecule has 0 unspecified atom stereocenters. The van der Waals surface area contributed by atoms with Gasteiger partial charge >= 0.3 is 0 Å². The van der Waals surface area contributed by atoms with Crippen molar-refractivity contribution in [2.45, 2.75) is 388 Å². The average molecular weight is 1980 g/mol. The quantitative estimate of drug-likeness (QED) is 0.0333. The topological polar surface area (TPSA) is 0 Å². The van der Waals surface area contributed by atoms with Crippen LogP contribution in [-0.4, -0.2) is 0 Å². The zero-order valence-corrected chi connectivity index (χ0v) is 91.0. The predicted molar refractivity (Wildman–Crippen MR) is 610 cm³/mol. The molecule has 14 aromatic rings. The van der Waals surface area contributed by atoms with E-state index in [4.69, 9.17) is 0 Å². The van der Waals surface area contributed by atoms with Crippen molar-refractivity contribution in [2.24, 2.45) is 0 Å². The minimum atomic E-state index is 1.14. The van der Waals surface area contributed by atoms with Gasteiger partial charge in [0.1, 0.15) is 0 Å². The van der Waals surface area contributed by atoms with E-state index in [0.29, 0.717) is 0 Å². The van der Waals surface area contributed by atoms with E-state index in [9.17, 15) is 0 Å². The SMILES string of the molecule is CCCCCCCCCCc1cc(-c2ccccc2)sc1-c1ccc(-c2ccc(-c3cc(CCCCCCCCCC)c(-c4cc(CCCCCCCCCC)c(-c5ccc(-c6ccc(-c7sc(-c8cc(CCCCCCCCCC)c(-c9ccc(-c%10ccc(-c%11sc(-c%12ccccc%12)cc%11CCCCCCCCCC)s%10)s9)s8)cc7CCCCCCCCCC)s6)s5)s4)s3)s2)s1. The molecule has 0 aliphatic carbocycles. The Morgan fingerprint density at radius 1 is 0.129 bits per heavy atom. The zero-order chi connectivity index (χ0) is 90.9. The lowest BCUT2D eigenvalue weighted by Gasteiger charge is -2.04. The largest absolute Gasteiger partial charge is 0.134 e. The van der Waals surface area contributed by atoms with Crippen LogP contribution in [0.1, 0.15) is 383 Å². The first kappa shape index (κ1) is 103. The Morgan fingerprint density at radius 3 is 0.508 bits per heavy atom. The average Bonchev–Trinajstić information content (AvgIpc) is 1.62. The first-order chi connectivity index (χ1) is 65.3. The summed E-state index contributed by atoms with van der Waals surface area (Å²) >= 11 is 24.6. The molecule has 0 amide bonds. The molecule has 0 N–H and O–H groups in total. The standard InChI is InChI=1S/C120H154S12/c1-7-13-19-25-31-37-43-51-65-91-83-109(89-61-57-49-58-62-89)127-115(91)104-78-73-98(122-104)97-71-72-103(121-97)111-85-95(69-55-47-41-35-29-23-17-11-5)120(129-111)114-88-96(70-56-48-42-36-30-24-18-12-6)119(132-114)108-82-77-102(126-108)101-76-81-107(125-101)118-94(68-54-46-40-34-28-22-16-10-4)87-113(131-118)112-86-93(67-53-45-39-33-27-21-15-9-3)117(130-112)106-80-75-100(124-106)99-74-79-105(123-99)116-92(66-52-44-38-32-26-20-14-8-2)84-110(128-116)90-63-59-50-60-64-90/h49-50,57-64,71-88H,7-48,51-56,65-70H2,1-6H3. The molecule has 0 aliphatic rings. The molecule has 706 valence electrons.